The van der Waals surface area contributed by atoms with Crippen molar-refractivity contribution in [3.05, 3.63) is 71.8 Å². The molecule has 0 aliphatic carbocycles. The van der Waals surface area contributed by atoms with Crippen LogP contribution in [-0.2, 0) is 9.59 Å². The lowest BCUT2D eigenvalue weighted by molar-refractivity contribution is -0.122. The lowest BCUT2D eigenvalue weighted by Crippen LogP contribution is -2.41. The maximum Gasteiger partial charge on any atom is 0.221 e. The summed E-state index contributed by atoms with van der Waals surface area (Å²) in [4.78, 5) is 24.1. The van der Waals surface area contributed by atoms with E-state index in [0.717, 1.165) is 11.1 Å². The fourth-order valence-corrected chi connectivity index (χ4v) is 3.44. The SMILES string of the molecule is O=C1CCN[C@H](c2ccccc2)[C@H](c2ccccc2)NCCC(=O)NCCN1. The van der Waals surface area contributed by atoms with Crippen molar-refractivity contribution < 1.29 is 9.59 Å². The van der Waals surface area contributed by atoms with Crippen LogP contribution in [0.5, 0.6) is 0 Å². The Balaban J connectivity index is 1.86. The lowest BCUT2D eigenvalue weighted by atomic mass is 9.93. The smallest absolute Gasteiger partial charge is 0.221 e. The topological polar surface area (TPSA) is 82.3 Å². The highest BCUT2D eigenvalue weighted by Crippen LogP contribution is 2.29. The monoisotopic (exact) mass is 380 g/mol. The van der Waals surface area contributed by atoms with Gasteiger partial charge in [-0.1, -0.05) is 60.7 Å². The predicted molar refractivity (Wildman–Crippen MR) is 110 cm³/mol. The standard InChI is InChI=1S/C22H28N4O2/c27-19-11-13-25-21(17-7-3-1-4-8-17)22(18-9-5-2-6-10-18)26-14-12-20(28)24-16-15-23-19/h1-10,21-22,25-26H,11-16H2,(H,23,27)(H,24,28)/t21-,22+. The van der Waals surface area contributed by atoms with Crippen LogP contribution in [0.25, 0.3) is 0 Å². The van der Waals surface area contributed by atoms with Gasteiger partial charge in [-0.15, -0.1) is 0 Å². The van der Waals surface area contributed by atoms with Gasteiger partial charge < -0.3 is 21.3 Å². The maximum absolute atomic E-state index is 12.0. The number of hydrogen-bond acceptors (Lipinski definition) is 4. The summed E-state index contributed by atoms with van der Waals surface area (Å²) in [5.74, 6) is -0.0373. The van der Waals surface area contributed by atoms with Crippen molar-refractivity contribution in [2.24, 2.45) is 0 Å². The number of amides is 2. The third-order valence-electron chi connectivity index (χ3n) is 4.85. The zero-order valence-corrected chi connectivity index (χ0v) is 16.0. The molecule has 0 aromatic heterocycles. The molecule has 28 heavy (non-hydrogen) atoms. The average Bonchev–Trinajstić information content (AvgIpc) is 2.73. The van der Waals surface area contributed by atoms with E-state index in [4.69, 9.17) is 0 Å². The fraction of sp³-hybridized carbons (Fsp3) is 0.364. The van der Waals surface area contributed by atoms with Gasteiger partial charge in [0.25, 0.3) is 0 Å². The number of nitrogens with one attached hydrogen (secondary N) is 4. The molecule has 0 spiro atoms. The highest BCUT2D eigenvalue weighted by molar-refractivity contribution is 5.77. The van der Waals surface area contributed by atoms with Crippen molar-refractivity contribution in [2.75, 3.05) is 26.2 Å². The van der Waals surface area contributed by atoms with Gasteiger partial charge in [0.05, 0.1) is 12.1 Å². The van der Waals surface area contributed by atoms with Gasteiger partial charge >= 0.3 is 0 Å². The number of carbonyl (C=O) groups is 2. The van der Waals surface area contributed by atoms with Crippen LogP contribution in [0.15, 0.2) is 60.7 Å². The lowest BCUT2D eigenvalue weighted by Gasteiger charge is -2.30. The Bertz CT molecular complexity index is 686. The van der Waals surface area contributed by atoms with Gasteiger partial charge in [0, 0.05) is 39.0 Å². The van der Waals surface area contributed by atoms with Gasteiger partial charge in [-0.2, -0.15) is 0 Å². The molecule has 1 fully saturated rings. The molecule has 2 aromatic carbocycles. The van der Waals surface area contributed by atoms with Crippen LogP contribution < -0.4 is 21.3 Å². The normalized spacial score (nSPS) is 22.6. The van der Waals surface area contributed by atoms with E-state index in [1.807, 2.05) is 36.4 Å². The van der Waals surface area contributed by atoms with Crippen molar-refractivity contribution in [1.82, 2.24) is 21.3 Å². The number of benzene rings is 2. The van der Waals surface area contributed by atoms with Crippen LogP contribution in [0, 0.1) is 0 Å². The van der Waals surface area contributed by atoms with Crippen LogP contribution >= 0.6 is 0 Å². The van der Waals surface area contributed by atoms with E-state index in [1.54, 1.807) is 0 Å². The molecule has 0 saturated carbocycles. The predicted octanol–water partition coefficient (Wildman–Crippen LogP) is 1.67. The van der Waals surface area contributed by atoms with E-state index in [1.165, 1.54) is 0 Å². The third kappa shape index (κ3) is 5.90. The van der Waals surface area contributed by atoms with Crippen LogP contribution in [0.1, 0.15) is 36.1 Å². The Hall–Kier alpha value is -2.70. The first-order valence-electron chi connectivity index (χ1n) is 9.84. The van der Waals surface area contributed by atoms with Crippen molar-refractivity contribution in [2.45, 2.75) is 24.9 Å². The summed E-state index contributed by atoms with van der Waals surface area (Å²) in [6.45, 7) is 2.05. The van der Waals surface area contributed by atoms with Crippen molar-refractivity contribution >= 4 is 11.8 Å². The van der Waals surface area contributed by atoms with Crippen LogP contribution in [0.4, 0.5) is 0 Å². The van der Waals surface area contributed by atoms with E-state index >= 15 is 0 Å². The van der Waals surface area contributed by atoms with Gasteiger partial charge in [0.1, 0.15) is 0 Å². The molecule has 3 rings (SSSR count). The summed E-state index contributed by atoms with van der Waals surface area (Å²) in [6.07, 6.45) is 0.775. The molecular weight excluding hydrogens is 352 g/mol. The Morgan fingerprint density at radius 2 is 0.964 bits per heavy atom. The summed E-state index contributed by atoms with van der Waals surface area (Å²) in [7, 11) is 0. The largest absolute Gasteiger partial charge is 0.354 e. The molecule has 148 valence electrons. The maximum atomic E-state index is 12.0. The third-order valence-corrected chi connectivity index (χ3v) is 4.85. The molecule has 1 aliphatic rings. The molecule has 2 aromatic rings. The second kappa shape index (κ2) is 10.6. The van der Waals surface area contributed by atoms with Gasteiger partial charge in [0.15, 0.2) is 0 Å². The molecule has 0 unspecified atom stereocenters. The molecule has 1 heterocycles. The molecule has 6 heteroatoms. The zero-order chi connectivity index (χ0) is 19.6. The van der Waals surface area contributed by atoms with Gasteiger partial charge in [-0.05, 0) is 11.1 Å². The molecule has 2 atom stereocenters. The van der Waals surface area contributed by atoms with E-state index in [9.17, 15) is 9.59 Å². The van der Waals surface area contributed by atoms with Crippen molar-refractivity contribution in [1.29, 1.82) is 0 Å². The first kappa shape index (κ1) is 20.0. The van der Waals surface area contributed by atoms with Crippen molar-refractivity contribution in [3.8, 4) is 0 Å². The van der Waals surface area contributed by atoms with Crippen LogP contribution in [0.2, 0.25) is 0 Å². The van der Waals surface area contributed by atoms with E-state index in [-0.39, 0.29) is 23.9 Å². The average molecular weight is 380 g/mol. The second-order valence-electron chi connectivity index (χ2n) is 6.88. The number of hydrogen-bond donors (Lipinski definition) is 4. The molecule has 6 nitrogen and oxygen atoms in total. The Kier molecular flexibility index (Phi) is 7.58. The number of carbonyl (C=O) groups excluding carboxylic acids is 2. The van der Waals surface area contributed by atoms with E-state index in [0.29, 0.717) is 39.0 Å². The number of rotatable bonds is 2. The van der Waals surface area contributed by atoms with Gasteiger partial charge in [-0.25, -0.2) is 0 Å². The molecule has 1 saturated heterocycles. The molecule has 2 amide bonds. The minimum Gasteiger partial charge on any atom is -0.354 e. The highest BCUT2D eigenvalue weighted by atomic mass is 16.2. The first-order chi connectivity index (χ1) is 13.7. The summed E-state index contributed by atoms with van der Waals surface area (Å²) >= 11 is 0. The summed E-state index contributed by atoms with van der Waals surface area (Å²) in [5, 5.41) is 12.8. The minimum absolute atomic E-state index is 0.0187. The molecule has 1 aliphatic heterocycles. The van der Waals surface area contributed by atoms with Crippen molar-refractivity contribution in [3.63, 3.8) is 0 Å². The summed E-state index contributed by atoms with van der Waals surface area (Å²) in [5.41, 5.74) is 2.28. The van der Waals surface area contributed by atoms with Crippen LogP contribution in [-0.4, -0.2) is 38.0 Å². The molecule has 4 N–H and O–H groups in total. The summed E-state index contributed by atoms with van der Waals surface area (Å²) < 4.78 is 0. The molecule has 0 radical (unpaired) electrons. The summed E-state index contributed by atoms with van der Waals surface area (Å²) in [6, 6.07) is 20.4. The zero-order valence-electron chi connectivity index (χ0n) is 16.0. The molecular formula is C22H28N4O2. The molecule has 0 bridgehead atoms. The van der Waals surface area contributed by atoms with Crippen LogP contribution in [0.3, 0.4) is 0 Å². The Labute approximate surface area is 166 Å². The minimum atomic E-state index is -0.0256. The fourth-order valence-electron chi connectivity index (χ4n) is 3.44. The van der Waals surface area contributed by atoms with Gasteiger partial charge in [-0.3, -0.25) is 9.59 Å². The Morgan fingerprint density at radius 3 is 1.36 bits per heavy atom. The van der Waals surface area contributed by atoms with E-state index in [2.05, 4.69) is 45.5 Å². The quantitative estimate of drug-likeness (QED) is 0.639. The second-order valence-corrected chi connectivity index (χ2v) is 6.88. The van der Waals surface area contributed by atoms with Gasteiger partial charge in [0.2, 0.25) is 11.8 Å². The highest BCUT2D eigenvalue weighted by Gasteiger charge is 2.24. The first-order valence-corrected chi connectivity index (χ1v) is 9.84. The Morgan fingerprint density at radius 1 is 0.571 bits per heavy atom. The van der Waals surface area contributed by atoms with E-state index < -0.39 is 0 Å².